The zero-order valence-corrected chi connectivity index (χ0v) is 11.2. The molecule has 1 rings (SSSR count). The first kappa shape index (κ1) is 16.0. The molecule has 0 saturated heterocycles. The van der Waals surface area contributed by atoms with Crippen LogP contribution in [0.2, 0.25) is 0 Å². The molecule has 7 nitrogen and oxygen atoms in total. The molecule has 0 unspecified atom stereocenters. The normalized spacial score (nSPS) is 9.90. The molecule has 0 bridgehead atoms. The third kappa shape index (κ3) is 6.58. The van der Waals surface area contributed by atoms with E-state index in [-0.39, 0.29) is 12.0 Å². The maximum atomic E-state index is 11.5. The topological polar surface area (TPSA) is 117 Å². The number of ether oxygens (including phenoxy) is 1. The van der Waals surface area contributed by atoms with E-state index < -0.39 is 17.9 Å². The highest BCUT2D eigenvalue weighted by atomic mass is 16.7. The molecule has 0 aliphatic carbocycles. The first-order valence-electron chi connectivity index (χ1n) is 5.88. The van der Waals surface area contributed by atoms with Gasteiger partial charge in [0.25, 0.3) is 0 Å². The van der Waals surface area contributed by atoms with Crippen molar-refractivity contribution in [2.24, 2.45) is 16.6 Å². The summed E-state index contributed by atoms with van der Waals surface area (Å²) in [7, 11) is 0. The average molecular weight is 289 g/mol. The summed E-state index contributed by atoms with van der Waals surface area (Å²) in [6.45, 7) is 3.43. The van der Waals surface area contributed by atoms with Crippen LogP contribution < -0.4 is 11.5 Å². The predicted octanol–water partition coefficient (Wildman–Crippen LogP) is 0.878. The number of nitrogens with zero attached hydrogens (tertiary/aromatic N) is 1. The van der Waals surface area contributed by atoms with Gasteiger partial charge in [0.1, 0.15) is 0 Å². The van der Waals surface area contributed by atoms with Gasteiger partial charge < -0.3 is 21.0 Å². The fourth-order valence-corrected chi connectivity index (χ4v) is 1.20. The van der Waals surface area contributed by atoms with Crippen molar-refractivity contribution in [2.75, 3.05) is 0 Å². The molecule has 0 aliphatic heterocycles. The van der Waals surface area contributed by atoms with E-state index in [2.05, 4.69) is 16.6 Å². The quantitative estimate of drug-likeness (QED) is 0.153. The van der Waals surface area contributed by atoms with Crippen LogP contribution >= 0.6 is 0 Å². The molecule has 1 aromatic carbocycles. The van der Waals surface area contributed by atoms with E-state index in [1.54, 1.807) is 6.08 Å². The Labute approximate surface area is 121 Å². The lowest BCUT2D eigenvalue weighted by Gasteiger charge is -2.01. The Kier molecular flexibility index (Phi) is 6.20. The largest absolute Gasteiger partial charge is 0.431 e. The summed E-state index contributed by atoms with van der Waals surface area (Å²) in [5, 5.41) is 3.05. The van der Waals surface area contributed by atoms with Crippen LogP contribution in [0.4, 0.5) is 0 Å². The monoisotopic (exact) mass is 289 g/mol. The Bertz CT molecular complexity index is 575. The van der Waals surface area contributed by atoms with Crippen LogP contribution in [0.3, 0.4) is 0 Å². The van der Waals surface area contributed by atoms with Gasteiger partial charge in [-0.25, -0.2) is 9.59 Å². The molecule has 0 atom stereocenters. The van der Waals surface area contributed by atoms with Crippen molar-refractivity contribution in [3.8, 4) is 0 Å². The number of oxime groups is 1. The molecule has 0 amide bonds. The molecule has 0 radical (unpaired) electrons. The third-order valence-electron chi connectivity index (χ3n) is 2.13. The van der Waals surface area contributed by atoms with Gasteiger partial charge in [-0.1, -0.05) is 36.9 Å². The molecule has 0 saturated carbocycles. The van der Waals surface area contributed by atoms with Gasteiger partial charge in [0.05, 0.1) is 12.7 Å². The molecule has 0 spiro atoms. The number of nitrogens with two attached hydrogens (primary N) is 2. The first-order valence-corrected chi connectivity index (χ1v) is 5.88. The molecule has 7 heteroatoms. The van der Waals surface area contributed by atoms with Gasteiger partial charge in [0.15, 0.2) is 0 Å². The Morgan fingerprint density at radius 3 is 2.52 bits per heavy atom. The number of rotatable bonds is 6. The highest BCUT2D eigenvalue weighted by Gasteiger charge is 2.13. The number of hydrogen-bond acceptors (Lipinski definition) is 5. The molecular weight excluding hydrogens is 274 g/mol. The van der Waals surface area contributed by atoms with Crippen molar-refractivity contribution < 1.29 is 19.2 Å². The number of carbonyl (C=O) groups is 2. The molecule has 0 fully saturated rings. The lowest BCUT2D eigenvalue weighted by molar-refractivity contribution is -0.144. The minimum absolute atomic E-state index is 0.0801. The van der Waals surface area contributed by atoms with Crippen LogP contribution in [0.1, 0.15) is 12.0 Å². The Morgan fingerprint density at radius 2 is 1.90 bits per heavy atom. The van der Waals surface area contributed by atoms with Gasteiger partial charge in [-0.15, -0.1) is 0 Å². The van der Waals surface area contributed by atoms with E-state index in [9.17, 15) is 9.59 Å². The van der Waals surface area contributed by atoms with Crippen LogP contribution in [0.25, 0.3) is 6.08 Å². The van der Waals surface area contributed by atoms with Gasteiger partial charge in [-0.05, 0) is 16.8 Å². The van der Waals surface area contributed by atoms with E-state index >= 15 is 0 Å². The summed E-state index contributed by atoms with van der Waals surface area (Å²) in [5.74, 6) is -1.97. The van der Waals surface area contributed by atoms with Crippen molar-refractivity contribution in [3.63, 3.8) is 0 Å². The zero-order chi connectivity index (χ0) is 15.7. The first-order chi connectivity index (χ1) is 9.99. The SMILES string of the molecule is C=C(CC(=O)ON=C(N)N)C(=O)OC=Cc1ccccc1. The van der Waals surface area contributed by atoms with E-state index in [1.807, 2.05) is 30.3 Å². The zero-order valence-electron chi connectivity index (χ0n) is 11.2. The number of hydrogen-bond donors (Lipinski definition) is 2. The van der Waals surface area contributed by atoms with Gasteiger partial charge in [-0.3, -0.25) is 0 Å². The maximum Gasteiger partial charge on any atom is 0.339 e. The number of carbonyl (C=O) groups excluding carboxylic acids is 2. The maximum absolute atomic E-state index is 11.5. The molecule has 21 heavy (non-hydrogen) atoms. The summed E-state index contributed by atoms with van der Waals surface area (Å²) in [6, 6.07) is 9.24. The molecular formula is C14H15N3O4. The Hall–Kier alpha value is -3.09. The standard InChI is InChI=1S/C14H15N3O4/c1-10(9-12(18)21-17-14(15)16)13(19)20-8-7-11-5-3-2-4-6-11/h2-8H,1,9H2,(H4,15,16,17). The van der Waals surface area contributed by atoms with Crippen molar-refractivity contribution in [2.45, 2.75) is 6.42 Å². The lowest BCUT2D eigenvalue weighted by atomic mass is 10.2. The van der Waals surface area contributed by atoms with Crippen molar-refractivity contribution >= 4 is 24.0 Å². The van der Waals surface area contributed by atoms with Crippen molar-refractivity contribution in [3.05, 3.63) is 54.3 Å². The second kappa shape index (κ2) is 8.16. The third-order valence-corrected chi connectivity index (χ3v) is 2.13. The molecule has 1 aromatic rings. The molecule has 4 N–H and O–H groups in total. The predicted molar refractivity (Wildman–Crippen MR) is 77.2 cm³/mol. The van der Waals surface area contributed by atoms with E-state index in [0.29, 0.717) is 0 Å². The second-order valence-corrected chi connectivity index (χ2v) is 3.88. The van der Waals surface area contributed by atoms with Crippen LogP contribution in [-0.2, 0) is 19.2 Å². The molecule has 110 valence electrons. The summed E-state index contributed by atoms with van der Waals surface area (Å²) in [4.78, 5) is 27.1. The van der Waals surface area contributed by atoms with Crippen molar-refractivity contribution in [1.29, 1.82) is 0 Å². The molecule has 0 aromatic heterocycles. The Morgan fingerprint density at radius 1 is 1.24 bits per heavy atom. The van der Waals surface area contributed by atoms with Crippen LogP contribution in [-0.4, -0.2) is 17.9 Å². The van der Waals surface area contributed by atoms with E-state index in [4.69, 9.17) is 16.2 Å². The van der Waals surface area contributed by atoms with E-state index in [1.165, 1.54) is 6.26 Å². The summed E-state index contributed by atoms with van der Waals surface area (Å²) >= 11 is 0. The fourth-order valence-electron chi connectivity index (χ4n) is 1.20. The van der Waals surface area contributed by atoms with Gasteiger partial charge in [0.2, 0.25) is 5.96 Å². The minimum Gasteiger partial charge on any atom is -0.431 e. The highest BCUT2D eigenvalue weighted by molar-refractivity contribution is 5.93. The van der Waals surface area contributed by atoms with Crippen LogP contribution in [0.5, 0.6) is 0 Å². The smallest absolute Gasteiger partial charge is 0.339 e. The van der Waals surface area contributed by atoms with Gasteiger partial charge in [-0.2, -0.15) is 0 Å². The number of guanidine groups is 1. The van der Waals surface area contributed by atoms with Gasteiger partial charge in [0, 0.05) is 5.57 Å². The summed E-state index contributed by atoms with van der Waals surface area (Å²) < 4.78 is 4.82. The fraction of sp³-hybridized carbons (Fsp3) is 0.0714. The number of benzene rings is 1. The number of esters is 1. The Balaban J connectivity index is 2.41. The summed E-state index contributed by atoms with van der Waals surface area (Å²) in [5.41, 5.74) is 10.7. The summed E-state index contributed by atoms with van der Waals surface area (Å²) in [6.07, 6.45) is 2.43. The van der Waals surface area contributed by atoms with Gasteiger partial charge >= 0.3 is 11.9 Å². The van der Waals surface area contributed by atoms with Crippen molar-refractivity contribution in [1.82, 2.24) is 0 Å². The van der Waals surface area contributed by atoms with E-state index in [0.717, 1.165) is 5.56 Å². The molecule has 0 aliphatic rings. The lowest BCUT2D eigenvalue weighted by Crippen LogP contribution is -2.23. The molecule has 0 heterocycles. The van der Waals surface area contributed by atoms with Crippen LogP contribution in [0.15, 0.2) is 53.9 Å². The van der Waals surface area contributed by atoms with Crippen LogP contribution in [0, 0.1) is 0 Å². The second-order valence-electron chi connectivity index (χ2n) is 3.88. The minimum atomic E-state index is -0.822. The average Bonchev–Trinajstić information content (AvgIpc) is 2.46. The highest BCUT2D eigenvalue weighted by Crippen LogP contribution is 2.05.